The van der Waals surface area contributed by atoms with Gasteiger partial charge in [0.2, 0.25) is 5.89 Å². The molecule has 0 unspecified atom stereocenters. The minimum Gasteiger partial charge on any atom is -0.418 e. The second-order valence-corrected chi connectivity index (χ2v) is 3.86. The fourth-order valence-corrected chi connectivity index (χ4v) is 1.74. The highest BCUT2D eigenvalue weighted by molar-refractivity contribution is 7.13. The largest absolute Gasteiger partial charge is 0.418 e. The van der Waals surface area contributed by atoms with Crippen molar-refractivity contribution in [2.24, 2.45) is 5.73 Å². The molecule has 2 heterocycles. The molecule has 0 radical (unpaired) electrons. The van der Waals surface area contributed by atoms with Crippen LogP contribution in [-0.2, 0) is 0 Å². The summed E-state index contributed by atoms with van der Waals surface area (Å²) in [4.78, 5) is 5.01. The van der Waals surface area contributed by atoms with E-state index in [1.54, 1.807) is 12.4 Å². The molecule has 0 aliphatic carbocycles. The molecule has 0 aliphatic heterocycles. The number of thiazole rings is 1. The highest BCUT2D eigenvalue weighted by Crippen LogP contribution is 2.26. The summed E-state index contributed by atoms with van der Waals surface area (Å²) in [5.41, 5.74) is 8.26. The predicted molar refractivity (Wildman–Crippen MR) is 52.7 cm³/mol. The molecule has 14 heavy (non-hydrogen) atoms. The number of nitrogens with two attached hydrogens (primary N) is 1. The van der Waals surface area contributed by atoms with Gasteiger partial charge in [-0.15, -0.1) is 21.5 Å². The van der Waals surface area contributed by atoms with Gasteiger partial charge in [-0.2, -0.15) is 0 Å². The normalized spacial score (nSPS) is 13.1. The minimum atomic E-state index is -0.232. The van der Waals surface area contributed by atoms with Crippen LogP contribution in [0.2, 0.25) is 0 Å². The monoisotopic (exact) mass is 210 g/mol. The topological polar surface area (TPSA) is 77.8 Å². The van der Waals surface area contributed by atoms with E-state index in [0.29, 0.717) is 11.8 Å². The van der Waals surface area contributed by atoms with Gasteiger partial charge in [0, 0.05) is 0 Å². The fraction of sp³-hybridized carbons (Fsp3) is 0.375. The van der Waals surface area contributed by atoms with Crippen molar-refractivity contribution in [1.29, 1.82) is 0 Å². The molecule has 74 valence electrons. The van der Waals surface area contributed by atoms with E-state index in [1.807, 2.05) is 6.92 Å². The second-order valence-electron chi connectivity index (χ2n) is 3.00. The maximum atomic E-state index is 5.61. The minimum absolute atomic E-state index is 0.232. The van der Waals surface area contributed by atoms with Gasteiger partial charge in [0.15, 0.2) is 0 Å². The molecule has 0 saturated heterocycles. The van der Waals surface area contributed by atoms with Gasteiger partial charge < -0.3 is 10.2 Å². The van der Waals surface area contributed by atoms with Gasteiger partial charge in [-0.1, -0.05) is 0 Å². The SMILES string of the molecule is Cc1ncsc1-c1nnc([C@H](C)N)o1. The molecule has 5 nitrogen and oxygen atoms in total. The molecular formula is C8H10N4OS. The van der Waals surface area contributed by atoms with Crippen molar-refractivity contribution < 1.29 is 4.42 Å². The van der Waals surface area contributed by atoms with Crippen molar-refractivity contribution in [2.45, 2.75) is 19.9 Å². The predicted octanol–water partition coefficient (Wildman–Crippen LogP) is 1.52. The number of aromatic nitrogens is 3. The lowest BCUT2D eigenvalue weighted by molar-refractivity contribution is 0.474. The maximum Gasteiger partial charge on any atom is 0.259 e. The first kappa shape index (κ1) is 9.29. The Hall–Kier alpha value is -1.27. The molecule has 0 bridgehead atoms. The number of aryl methyl sites for hydroxylation is 1. The van der Waals surface area contributed by atoms with Crippen molar-refractivity contribution in [1.82, 2.24) is 15.2 Å². The standard InChI is InChI=1S/C8H10N4OS/c1-4(9)7-11-12-8(13-7)6-5(2)10-3-14-6/h3-4H,9H2,1-2H3/t4-/m0/s1. The lowest BCUT2D eigenvalue weighted by Crippen LogP contribution is -2.04. The zero-order valence-electron chi connectivity index (χ0n) is 7.89. The Morgan fingerprint density at radius 2 is 2.29 bits per heavy atom. The first-order chi connectivity index (χ1) is 6.68. The molecule has 0 aromatic carbocycles. The van der Waals surface area contributed by atoms with E-state index >= 15 is 0 Å². The van der Waals surface area contributed by atoms with Crippen molar-refractivity contribution >= 4 is 11.3 Å². The van der Waals surface area contributed by atoms with E-state index < -0.39 is 0 Å². The van der Waals surface area contributed by atoms with Gasteiger partial charge in [-0.3, -0.25) is 0 Å². The molecule has 0 spiro atoms. The lowest BCUT2D eigenvalue weighted by atomic mass is 10.4. The fourth-order valence-electron chi connectivity index (χ4n) is 1.02. The Balaban J connectivity index is 2.39. The van der Waals surface area contributed by atoms with Crippen molar-refractivity contribution in [2.75, 3.05) is 0 Å². The molecule has 0 fully saturated rings. The van der Waals surface area contributed by atoms with E-state index in [-0.39, 0.29) is 6.04 Å². The summed E-state index contributed by atoms with van der Waals surface area (Å²) >= 11 is 1.48. The molecule has 2 rings (SSSR count). The summed E-state index contributed by atoms with van der Waals surface area (Å²) in [6.07, 6.45) is 0. The summed E-state index contributed by atoms with van der Waals surface area (Å²) in [6, 6.07) is -0.232. The summed E-state index contributed by atoms with van der Waals surface area (Å²) < 4.78 is 5.39. The van der Waals surface area contributed by atoms with E-state index in [2.05, 4.69) is 15.2 Å². The van der Waals surface area contributed by atoms with Crippen molar-refractivity contribution in [3.05, 3.63) is 17.1 Å². The average Bonchev–Trinajstić information content (AvgIpc) is 2.71. The van der Waals surface area contributed by atoms with Crippen LogP contribution in [0.4, 0.5) is 0 Å². The summed E-state index contributed by atoms with van der Waals surface area (Å²) in [6.45, 7) is 3.71. The van der Waals surface area contributed by atoms with Crippen LogP contribution in [0.5, 0.6) is 0 Å². The Bertz CT molecular complexity index is 434. The first-order valence-electron chi connectivity index (χ1n) is 4.18. The van der Waals surface area contributed by atoms with Gasteiger partial charge in [0.05, 0.1) is 17.2 Å². The number of nitrogens with zero attached hydrogens (tertiary/aromatic N) is 3. The molecule has 0 amide bonds. The molecule has 6 heteroatoms. The summed E-state index contributed by atoms with van der Waals surface area (Å²) in [7, 11) is 0. The lowest BCUT2D eigenvalue weighted by Gasteiger charge is -1.94. The van der Waals surface area contributed by atoms with Crippen LogP contribution in [0.25, 0.3) is 10.8 Å². The van der Waals surface area contributed by atoms with E-state index in [9.17, 15) is 0 Å². The zero-order valence-corrected chi connectivity index (χ0v) is 8.71. The Morgan fingerprint density at radius 1 is 1.50 bits per heavy atom. The quantitative estimate of drug-likeness (QED) is 0.813. The van der Waals surface area contributed by atoms with Gasteiger partial charge >= 0.3 is 0 Å². The van der Waals surface area contributed by atoms with Crippen LogP contribution >= 0.6 is 11.3 Å². The number of hydrogen-bond acceptors (Lipinski definition) is 6. The van der Waals surface area contributed by atoms with Gasteiger partial charge in [0.1, 0.15) is 4.88 Å². The molecule has 2 N–H and O–H groups in total. The highest BCUT2D eigenvalue weighted by Gasteiger charge is 2.14. The van der Waals surface area contributed by atoms with Crippen LogP contribution in [0, 0.1) is 6.92 Å². The van der Waals surface area contributed by atoms with Gasteiger partial charge in [-0.05, 0) is 13.8 Å². The van der Waals surface area contributed by atoms with Crippen LogP contribution in [-0.4, -0.2) is 15.2 Å². The number of hydrogen-bond donors (Lipinski definition) is 1. The first-order valence-corrected chi connectivity index (χ1v) is 5.06. The third-order valence-corrected chi connectivity index (χ3v) is 2.69. The van der Waals surface area contributed by atoms with E-state index in [4.69, 9.17) is 10.2 Å². The Kier molecular flexibility index (Phi) is 2.30. The van der Waals surface area contributed by atoms with Gasteiger partial charge in [-0.25, -0.2) is 4.98 Å². The molecule has 2 aromatic rings. The Morgan fingerprint density at radius 3 is 2.79 bits per heavy atom. The molecular weight excluding hydrogens is 200 g/mol. The summed E-state index contributed by atoms with van der Waals surface area (Å²) in [5, 5.41) is 7.76. The maximum absolute atomic E-state index is 5.61. The second kappa shape index (κ2) is 3.47. The molecule has 0 saturated carbocycles. The Labute approximate surface area is 85.0 Å². The molecule has 0 aliphatic rings. The van der Waals surface area contributed by atoms with Crippen LogP contribution in [0.15, 0.2) is 9.93 Å². The third kappa shape index (κ3) is 1.53. The summed E-state index contributed by atoms with van der Waals surface area (Å²) in [5.74, 6) is 0.949. The molecule has 2 aromatic heterocycles. The van der Waals surface area contributed by atoms with Crippen molar-refractivity contribution in [3.8, 4) is 10.8 Å². The zero-order chi connectivity index (χ0) is 10.1. The smallest absolute Gasteiger partial charge is 0.259 e. The van der Waals surface area contributed by atoms with E-state index in [0.717, 1.165) is 10.6 Å². The van der Waals surface area contributed by atoms with E-state index in [1.165, 1.54) is 11.3 Å². The highest BCUT2D eigenvalue weighted by atomic mass is 32.1. The van der Waals surface area contributed by atoms with Gasteiger partial charge in [0.25, 0.3) is 5.89 Å². The van der Waals surface area contributed by atoms with Crippen LogP contribution in [0.3, 0.4) is 0 Å². The number of rotatable bonds is 2. The average molecular weight is 210 g/mol. The molecule has 1 atom stereocenters. The van der Waals surface area contributed by atoms with Crippen molar-refractivity contribution in [3.63, 3.8) is 0 Å². The van der Waals surface area contributed by atoms with Crippen LogP contribution in [0.1, 0.15) is 24.6 Å². The third-order valence-electron chi connectivity index (χ3n) is 1.77. The van der Waals surface area contributed by atoms with Crippen LogP contribution < -0.4 is 5.73 Å².